The molecular weight excluding hydrogens is 434 g/mol. The largest absolute Gasteiger partial charge is 0.340 e. The molecule has 0 radical (unpaired) electrons. The molecule has 5 rings (SSSR count). The second-order valence-electron chi connectivity index (χ2n) is 12.9. The normalized spacial score (nSPS) is 23.9. The van der Waals surface area contributed by atoms with Crippen molar-refractivity contribution in [2.75, 3.05) is 45.8 Å². The lowest BCUT2D eigenvalue weighted by atomic mass is 9.49. The zero-order valence-electron chi connectivity index (χ0n) is 22.8. The Morgan fingerprint density at radius 1 is 1.06 bits per heavy atom. The maximum atomic E-state index is 13.6. The summed E-state index contributed by atoms with van der Waals surface area (Å²) in [4.78, 5) is 32.7. The van der Waals surface area contributed by atoms with Crippen LogP contribution in [0.1, 0.15) is 69.8 Å². The SMILES string of the molecule is Cc1ccc(C(=O)N(CCN2CCN(C(=O)CC(C)(C)C)CC2)CC2=CCC3CC2C3(C)C)cc1. The van der Waals surface area contributed by atoms with Gasteiger partial charge in [0.05, 0.1) is 0 Å². The molecule has 1 saturated carbocycles. The van der Waals surface area contributed by atoms with Crippen molar-refractivity contribution in [2.45, 2.75) is 60.8 Å². The van der Waals surface area contributed by atoms with Crippen LogP contribution < -0.4 is 0 Å². The summed E-state index contributed by atoms with van der Waals surface area (Å²) in [6, 6.07) is 7.98. The molecule has 3 aliphatic carbocycles. The van der Waals surface area contributed by atoms with E-state index in [9.17, 15) is 9.59 Å². The van der Waals surface area contributed by atoms with Gasteiger partial charge in [-0.15, -0.1) is 0 Å². The fourth-order valence-corrected chi connectivity index (χ4v) is 6.06. The predicted molar refractivity (Wildman–Crippen MR) is 142 cm³/mol. The fourth-order valence-electron chi connectivity index (χ4n) is 6.06. The second kappa shape index (κ2) is 10.1. The summed E-state index contributed by atoms with van der Waals surface area (Å²) in [7, 11) is 0. The molecule has 2 bridgehead atoms. The molecule has 2 amide bonds. The molecule has 0 aromatic heterocycles. The predicted octanol–water partition coefficient (Wildman–Crippen LogP) is 5.01. The Kier molecular flexibility index (Phi) is 7.47. The summed E-state index contributed by atoms with van der Waals surface area (Å²) in [5.74, 6) is 1.80. The van der Waals surface area contributed by atoms with Crippen molar-refractivity contribution in [3.05, 3.63) is 47.0 Å². The Bertz CT molecular complexity index is 949. The van der Waals surface area contributed by atoms with Crippen LogP contribution >= 0.6 is 0 Å². The highest BCUT2D eigenvalue weighted by Crippen LogP contribution is 2.59. The lowest BCUT2D eigenvalue weighted by Gasteiger charge is -2.57. The van der Waals surface area contributed by atoms with Gasteiger partial charge in [-0.25, -0.2) is 0 Å². The number of hydrogen-bond acceptors (Lipinski definition) is 3. The van der Waals surface area contributed by atoms with Gasteiger partial charge in [-0.2, -0.15) is 0 Å². The van der Waals surface area contributed by atoms with E-state index >= 15 is 0 Å². The van der Waals surface area contributed by atoms with E-state index < -0.39 is 0 Å². The zero-order chi connectivity index (χ0) is 25.4. The molecule has 0 spiro atoms. The monoisotopic (exact) mass is 479 g/mol. The minimum Gasteiger partial charge on any atom is -0.340 e. The Morgan fingerprint density at radius 3 is 2.29 bits per heavy atom. The van der Waals surface area contributed by atoms with Crippen molar-refractivity contribution in [2.24, 2.45) is 22.7 Å². The molecule has 5 heteroatoms. The Labute approximate surface area is 212 Å². The van der Waals surface area contributed by atoms with Crippen LogP contribution in [0.2, 0.25) is 0 Å². The summed E-state index contributed by atoms with van der Waals surface area (Å²) in [5.41, 5.74) is 3.78. The highest BCUT2D eigenvalue weighted by molar-refractivity contribution is 5.94. The topological polar surface area (TPSA) is 43.9 Å². The van der Waals surface area contributed by atoms with Crippen molar-refractivity contribution in [1.82, 2.24) is 14.7 Å². The number of hydrogen-bond donors (Lipinski definition) is 0. The number of aryl methyl sites for hydroxylation is 1. The molecule has 1 aromatic rings. The molecule has 1 saturated heterocycles. The van der Waals surface area contributed by atoms with Crippen LogP contribution in [-0.4, -0.2) is 72.3 Å². The maximum Gasteiger partial charge on any atom is 0.254 e. The van der Waals surface area contributed by atoms with Gasteiger partial charge in [0.1, 0.15) is 0 Å². The van der Waals surface area contributed by atoms with Gasteiger partial charge in [-0.1, -0.05) is 64.0 Å². The van der Waals surface area contributed by atoms with E-state index in [1.165, 1.54) is 17.6 Å². The van der Waals surface area contributed by atoms with Crippen LogP contribution in [0.4, 0.5) is 0 Å². The van der Waals surface area contributed by atoms with E-state index in [0.717, 1.165) is 63.7 Å². The Balaban J connectivity index is 1.38. The number of amides is 2. The Hall–Kier alpha value is -2.14. The second-order valence-corrected chi connectivity index (χ2v) is 12.9. The highest BCUT2D eigenvalue weighted by Gasteiger charge is 2.51. The van der Waals surface area contributed by atoms with Crippen LogP contribution in [0.15, 0.2) is 35.9 Å². The molecule has 5 nitrogen and oxygen atoms in total. The minimum atomic E-state index is 0.0217. The van der Waals surface area contributed by atoms with Crippen molar-refractivity contribution >= 4 is 11.8 Å². The molecule has 2 fully saturated rings. The third kappa shape index (κ3) is 5.99. The number of rotatable bonds is 7. The van der Waals surface area contributed by atoms with E-state index in [0.29, 0.717) is 17.8 Å². The van der Waals surface area contributed by atoms with Gasteiger partial charge in [0, 0.05) is 57.8 Å². The van der Waals surface area contributed by atoms with Gasteiger partial charge in [-0.05, 0) is 54.6 Å². The van der Waals surface area contributed by atoms with E-state index in [1.54, 1.807) is 0 Å². The minimum absolute atomic E-state index is 0.0217. The summed E-state index contributed by atoms with van der Waals surface area (Å²) < 4.78 is 0. The molecule has 1 heterocycles. The first kappa shape index (κ1) is 25.9. The standard InChI is InChI=1S/C30H45N3O2/c1-22-7-9-23(10-8-22)28(35)33(21-24-11-12-25-19-26(24)30(25,5)6)18-15-31-13-16-32(17-14-31)27(34)20-29(2,3)4/h7-11,25-26H,12-21H2,1-6H3. The number of carbonyl (C=O) groups is 2. The van der Waals surface area contributed by atoms with Gasteiger partial charge in [0.25, 0.3) is 5.91 Å². The van der Waals surface area contributed by atoms with E-state index in [1.807, 2.05) is 29.2 Å². The number of allylic oxidation sites excluding steroid dienone is 1. The number of benzene rings is 1. The molecule has 35 heavy (non-hydrogen) atoms. The average Bonchev–Trinajstić information content (AvgIpc) is 2.81. The number of nitrogens with zero attached hydrogens (tertiary/aromatic N) is 3. The third-order valence-corrected chi connectivity index (χ3v) is 8.63. The first-order valence-electron chi connectivity index (χ1n) is 13.5. The van der Waals surface area contributed by atoms with Crippen LogP contribution in [0.25, 0.3) is 0 Å². The summed E-state index contributed by atoms with van der Waals surface area (Å²) in [5, 5.41) is 0. The number of carbonyl (C=O) groups excluding carboxylic acids is 2. The van der Waals surface area contributed by atoms with Gasteiger partial charge in [-0.3, -0.25) is 14.5 Å². The van der Waals surface area contributed by atoms with Gasteiger partial charge in [0.2, 0.25) is 5.91 Å². The molecular formula is C30H45N3O2. The summed E-state index contributed by atoms with van der Waals surface area (Å²) >= 11 is 0. The van der Waals surface area contributed by atoms with E-state index in [4.69, 9.17) is 0 Å². The average molecular weight is 480 g/mol. The first-order valence-corrected chi connectivity index (χ1v) is 13.5. The zero-order valence-corrected chi connectivity index (χ0v) is 22.8. The molecule has 0 N–H and O–H groups in total. The van der Waals surface area contributed by atoms with Crippen LogP contribution in [0.5, 0.6) is 0 Å². The van der Waals surface area contributed by atoms with Gasteiger partial charge >= 0.3 is 0 Å². The lowest BCUT2D eigenvalue weighted by Crippen LogP contribution is -2.52. The molecule has 1 aromatic carbocycles. The van der Waals surface area contributed by atoms with Crippen molar-refractivity contribution in [1.29, 1.82) is 0 Å². The number of fused-ring (bicyclic) bond motifs is 1. The van der Waals surface area contributed by atoms with E-state index in [-0.39, 0.29) is 17.2 Å². The van der Waals surface area contributed by atoms with E-state index in [2.05, 4.69) is 57.4 Å². The van der Waals surface area contributed by atoms with Crippen LogP contribution in [0, 0.1) is 29.6 Å². The Morgan fingerprint density at radius 2 is 1.71 bits per heavy atom. The highest BCUT2D eigenvalue weighted by atomic mass is 16.2. The van der Waals surface area contributed by atoms with Crippen LogP contribution in [-0.2, 0) is 4.79 Å². The summed E-state index contributed by atoms with van der Waals surface area (Å²) in [6.45, 7) is 18.8. The maximum absolute atomic E-state index is 13.6. The van der Waals surface area contributed by atoms with Gasteiger partial charge in [0.15, 0.2) is 0 Å². The molecule has 192 valence electrons. The number of piperazine rings is 1. The molecule has 1 aliphatic heterocycles. The molecule has 4 aliphatic rings. The molecule has 2 unspecified atom stereocenters. The smallest absolute Gasteiger partial charge is 0.254 e. The first-order chi connectivity index (χ1) is 16.4. The third-order valence-electron chi connectivity index (χ3n) is 8.63. The molecule has 2 atom stereocenters. The van der Waals surface area contributed by atoms with Gasteiger partial charge < -0.3 is 9.80 Å². The van der Waals surface area contributed by atoms with Crippen molar-refractivity contribution in [3.8, 4) is 0 Å². The van der Waals surface area contributed by atoms with Crippen molar-refractivity contribution < 1.29 is 9.59 Å². The summed E-state index contributed by atoms with van der Waals surface area (Å²) in [6.07, 6.45) is 5.43. The lowest BCUT2D eigenvalue weighted by molar-refractivity contribution is -0.134. The quantitative estimate of drug-likeness (QED) is 0.517. The van der Waals surface area contributed by atoms with Crippen molar-refractivity contribution in [3.63, 3.8) is 0 Å². The van der Waals surface area contributed by atoms with Crippen LogP contribution in [0.3, 0.4) is 0 Å². The fraction of sp³-hybridized carbons (Fsp3) is 0.667.